The van der Waals surface area contributed by atoms with Crippen LogP contribution in [0.1, 0.15) is 5.69 Å². The molecule has 88 valence electrons. The highest BCUT2D eigenvalue weighted by atomic mass is 35.5. The number of aliphatic carboxylic acids is 1. The van der Waals surface area contributed by atoms with Crippen LogP contribution >= 0.6 is 11.6 Å². The van der Waals surface area contributed by atoms with Crippen LogP contribution in [0.4, 0.5) is 0 Å². The number of hydrogen-bond acceptors (Lipinski definition) is 3. The third-order valence-corrected chi connectivity index (χ3v) is 2.47. The Bertz CT molecular complexity index is 566. The monoisotopic (exact) mass is 252 g/mol. The maximum Gasteiger partial charge on any atom is 0.309 e. The molecule has 2 aromatic rings. The van der Waals surface area contributed by atoms with Gasteiger partial charge in [0.25, 0.3) is 0 Å². The second-order valence-electron chi connectivity index (χ2n) is 3.43. The lowest BCUT2D eigenvalue weighted by Gasteiger charge is -2.04. The molecule has 0 bridgehead atoms. The molecule has 1 aromatic carbocycles. The van der Waals surface area contributed by atoms with E-state index in [4.69, 9.17) is 16.7 Å². The third kappa shape index (κ3) is 2.39. The van der Waals surface area contributed by atoms with E-state index in [0.717, 1.165) is 0 Å². The summed E-state index contributed by atoms with van der Waals surface area (Å²) in [6.45, 7) is 0. The predicted molar refractivity (Wildman–Crippen MR) is 61.6 cm³/mol. The molecule has 0 saturated heterocycles. The second-order valence-corrected chi connectivity index (χ2v) is 3.83. The Kier molecular flexibility index (Phi) is 3.01. The van der Waals surface area contributed by atoms with Gasteiger partial charge in [0.05, 0.1) is 22.8 Å². The molecule has 0 saturated carbocycles. The molecule has 17 heavy (non-hydrogen) atoms. The number of hydrogen-bond donors (Lipinski definition) is 2. The molecule has 0 atom stereocenters. The first-order chi connectivity index (χ1) is 8.08. The van der Waals surface area contributed by atoms with Gasteiger partial charge in [-0.25, -0.2) is 0 Å². The zero-order chi connectivity index (χ0) is 12.4. The fraction of sp³-hybridized carbons (Fsp3) is 0.0909. The molecule has 0 amide bonds. The van der Waals surface area contributed by atoms with Crippen molar-refractivity contribution in [2.45, 2.75) is 6.42 Å². The van der Waals surface area contributed by atoms with E-state index < -0.39 is 5.97 Å². The van der Waals surface area contributed by atoms with E-state index in [1.807, 2.05) is 0 Å². The van der Waals surface area contributed by atoms with E-state index in [1.54, 1.807) is 24.3 Å². The second kappa shape index (κ2) is 4.47. The summed E-state index contributed by atoms with van der Waals surface area (Å²) in [5.74, 6) is -1.15. The summed E-state index contributed by atoms with van der Waals surface area (Å²) in [6, 6.07) is 8.15. The Balaban J connectivity index is 2.43. The van der Waals surface area contributed by atoms with Crippen molar-refractivity contribution in [2.24, 2.45) is 0 Å². The van der Waals surface area contributed by atoms with Crippen molar-refractivity contribution in [2.75, 3.05) is 0 Å². The standard InChI is InChI=1S/C11H9ClN2O3/c12-8-3-1-2-4-9(8)14-10(15)5-7(13-14)6-11(16)17/h1-5,15H,6H2,(H,16,17). The largest absolute Gasteiger partial charge is 0.493 e. The molecule has 5 nitrogen and oxygen atoms in total. The number of para-hydroxylation sites is 1. The first-order valence-electron chi connectivity index (χ1n) is 4.82. The summed E-state index contributed by atoms with van der Waals surface area (Å²) >= 11 is 5.96. The van der Waals surface area contributed by atoms with Gasteiger partial charge >= 0.3 is 5.97 Å². The Morgan fingerprint density at radius 3 is 2.76 bits per heavy atom. The molecular formula is C11H9ClN2O3. The van der Waals surface area contributed by atoms with Crippen LogP contribution in [0.5, 0.6) is 5.88 Å². The number of rotatable bonds is 3. The summed E-state index contributed by atoms with van der Waals surface area (Å²) in [6.07, 6.45) is -0.245. The molecule has 6 heteroatoms. The zero-order valence-corrected chi connectivity index (χ0v) is 9.42. The first kappa shape index (κ1) is 11.5. The van der Waals surface area contributed by atoms with Crippen LogP contribution in [0, 0.1) is 0 Å². The number of halogens is 1. The minimum Gasteiger partial charge on any atom is -0.493 e. The number of aromatic nitrogens is 2. The van der Waals surface area contributed by atoms with Crippen molar-refractivity contribution < 1.29 is 15.0 Å². The van der Waals surface area contributed by atoms with Gasteiger partial charge in [0.1, 0.15) is 0 Å². The van der Waals surface area contributed by atoms with Gasteiger partial charge in [0.15, 0.2) is 0 Å². The van der Waals surface area contributed by atoms with Crippen LogP contribution in [0.25, 0.3) is 5.69 Å². The average Bonchev–Trinajstić information content (AvgIpc) is 2.59. The highest BCUT2D eigenvalue weighted by Gasteiger charge is 2.12. The van der Waals surface area contributed by atoms with Crippen LogP contribution in [0.2, 0.25) is 5.02 Å². The van der Waals surface area contributed by atoms with Crippen LogP contribution in [-0.2, 0) is 11.2 Å². The van der Waals surface area contributed by atoms with Crippen LogP contribution < -0.4 is 0 Å². The molecule has 2 N–H and O–H groups in total. The van der Waals surface area contributed by atoms with Gasteiger partial charge in [-0.1, -0.05) is 23.7 Å². The molecule has 0 aliphatic heterocycles. The van der Waals surface area contributed by atoms with Crippen LogP contribution in [0.15, 0.2) is 30.3 Å². The van der Waals surface area contributed by atoms with Gasteiger partial charge in [0, 0.05) is 6.07 Å². The molecule has 0 aliphatic carbocycles. The molecule has 0 fully saturated rings. The van der Waals surface area contributed by atoms with Crippen molar-refractivity contribution in [3.05, 3.63) is 41.0 Å². The van der Waals surface area contributed by atoms with Crippen molar-refractivity contribution in [1.29, 1.82) is 0 Å². The van der Waals surface area contributed by atoms with E-state index >= 15 is 0 Å². The molecule has 0 unspecified atom stereocenters. The molecule has 1 heterocycles. The molecule has 0 radical (unpaired) electrons. The smallest absolute Gasteiger partial charge is 0.309 e. The van der Waals surface area contributed by atoms with Crippen molar-refractivity contribution in [3.8, 4) is 11.6 Å². The van der Waals surface area contributed by atoms with Gasteiger partial charge in [-0.2, -0.15) is 9.78 Å². The Morgan fingerprint density at radius 1 is 1.41 bits per heavy atom. The number of carboxylic acids is 1. The van der Waals surface area contributed by atoms with Gasteiger partial charge in [-0.05, 0) is 12.1 Å². The Hall–Kier alpha value is -2.01. The fourth-order valence-corrected chi connectivity index (χ4v) is 1.68. The van der Waals surface area contributed by atoms with E-state index in [-0.39, 0.29) is 18.0 Å². The van der Waals surface area contributed by atoms with Gasteiger partial charge in [0.2, 0.25) is 5.88 Å². The molecule has 2 rings (SSSR count). The number of benzene rings is 1. The number of carbonyl (C=O) groups is 1. The first-order valence-corrected chi connectivity index (χ1v) is 5.20. The quantitative estimate of drug-likeness (QED) is 0.874. The minimum atomic E-state index is -1.01. The fourth-order valence-electron chi connectivity index (χ4n) is 1.46. The van der Waals surface area contributed by atoms with Crippen molar-refractivity contribution in [3.63, 3.8) is 0 Å². The molecule has 0 aliphatic rings. The summed E-state index contributed by atoms with van der Waals surface area (Å²) < 4.78 is 1.21. The number of aromatic hydroxyl groups is 1. The van der Waals surface area contributed by atoms with E-state index in [9.17, 15) is 9.90 Å². The number of carboxylic acid groups (broad SMARTS) is 1. The van der Waals surface area contributed by atoms with Gasteiger partial charge in [-0.3, -0.25) is 4.79 Å². The summed E-state index contributed by atoms with van der Waals surface area (Å²) in [5.41, 5.74) is 0.776. The number of nitrogens with zero attached hydrogens (tertiary/aromatic N) is 2. The average molecular weight is 253 g/mol. The predicted octanol–water partition coefficient (Wildman–Crippen LogP) is 1.86. The summed E-state index contributed by atoms with van der Waals surface area (Å²) in [5, 5.41) is 22.7. The Labute approximate surface area is 102 Å². The molecular weight excluding hydrogens is 244 g/mol. The lowest BCUT2D eigenvalue weighted by molar-refractivity contribution is -0.136. The lowest BCUT2D eigenvalue weighted by atomic mass is 10.3. The third-order valence-electron chi connectivity index (χ3n) is 2.15. The SMILES string of the molecule is O=C(O)Cc1cc(O)n(-c2ccccc2Cl)n1. The van der Waals surface area contributed by atoms with E-state index in [0.29, 0.717) is 10.7 Å². The van der Waals surface area contributed by atoms with E-state index in [1.165, 1.54) is 10.7 Å². The van der Waals surface area contributed by atoms with Crippen molar-refractivity contribution in [1.82, 2.24) is 9.78 Å². The lowest BCUT2D eigenvalue weighted by Crippen LogP contribution is -2.02. The van der Waals surface area contributed by atoms with E-state index in [2.05, 4.69) is 5.10 Å². The minimum absolute atomic E-state index is 0.144. The Morgan fingerprint density at radius 2 is 2.12 bits per heavy atom. The zero-order valence-electron chi connectivity index (χ0n) is 8.67. The van der Waals surface area contributed by atoms with Crippen LogP contribution in [-0.4, -0.2) is 26.0 Å². The maximum atomic E-state index is 10.5. The molecule has 0 spiro atoms. The van der Waals surface area contributed by atoms with Gasteiger partial charge < -0.3 is 10.2 Å². The van der Waals surface area contributed by atoms with Crippen molar-refractivity contribution >= 4 is 17.6 Å². The highest BCUT2D eigenvalue weighted by molar-refractivity contribution is 6.32. The summed E-state index contributed by atoms with van der Waals surface area (Å²) in [7, 11) is 0. The topological polar surface area (TPSA) is 75.3 Å². The van der Waals surface area contributed by atoms with Gasteiger partial charge in [-0.15, -0.1) is 0 Å². The maximum absolute atomic E-state index is 10.5. The highest BCUT2D eigenvalue weighted by Crippen LogP contribution is 2.24. The molecule has 1 aromatic heterocycles. The normalized spacial score (nSPS) is 10.4. The summed E-state index contributed by atoms with van der Waals surface area (Å²) in [4.78, 5) is 10.5. The van der Waals surface area contributed by atoms with Crippen LogP contribution in [0.3, 0.4) is 0 Å².